The highest BCUT2D eigenvalue weighted by atomic mass is 16.4. The van der Waals surface area contributed by atoms with Crippen molar-refractivity contribution in [2.75, 3.05) is 5.32 Å². The molecule has 2 aromatic carbocycles. The molecule has 0 radical (unpaired) electrons. The quantitative estimate of drug-likeness (QED) is 0.454. The highest BCUT2D eigenvalue weighted by Crippen LogP contribution is 2.17. The van der Waals surface area contributed by atoms with Gasteiger partial charge in [0.25, 0.3) is 5.91 Å². The number of nitrogens with zero attached hydrogens (tertiary/aromatic N) is 1. The molecule has 158 valence electrons. The van der Waals surface area contributed by atoms with Crippen molar-refractivity contribution in [2.24, 2.45) is 0 Å². The largest absolute Gasteiger partial charge is 0.467 e. The van der Waals surface area contributed by atoms with Crippen LogP contribution in [0.3, 0.4) is 0 Å². The fourth-order valence-corrected chi connectivity index (χ4v) is 3.30. The summed E-state index contributed by atoms with van der Waals surface area (Å²) in [5.41, 5.74) is 2.01. The third kappa shape index (κ3) is 4.75. The molecule has 0 aliphatic heterocycles. The first kappa shape index (κ1) is 20.2. The van der Waals surface area contributed by atoms with Crippen LogP contribution in [0.2, 0.25) is 0 Å². The Balaban J connectivity index is 1.35. The lowest BCUT2D eigenvalue weighted by Gasteiger charge is -2.11. The number of aryl methyl sites for hydroxylation is 1. The molecule has 2 amide bonds. The number of benzene rings is 2. The lowest BCUT2D eigenvalue weighted by atomic mass is 10.1. The zero-order valence-corrected chi connectivity index (χ0v) is 16.7. The van der Waals surface area contributed by atoms with E-state index in [0.29, 0.717) is 41.1 Å². The summed E-state index contributed by atoms with van der Waals surface area (Å²) in [4.78, 5) is 37.0. The molecule has 2 heterocycles. The van der Waals surface area contributed by atoms with Crippen LogP contribution in [0, 0.1) is 0 Å². The van der Waals surface area contributed by atoms with E-state index in [1.807, 2.05) is 6.07 Å². The Bertz CT molecular complexity index is 1250. The van der Waals surface area contributed by atoms with Gasteiger partial charge in [0.15, 0.2) is 5.58 Å². The predicted octanol–water partition coefficient (Wildman–Crippen LogP) is 3.54. The molecule has 0 saturated heterocycles. The molecular formula is C23H21N3O5. The van der Waals surface area contributed by atoms with Gasteiger partial charge in [-0.05, 0) is 42.8 Å². The van der Waals surface area contributed by atoms with E-state index in [4.69, 9.17) is 8.83 Å². The maximum Gasteiger partial charge on any atom is 0.419 e. The summed E-state index contributed by atoms with van der Waals surface area (Å²) in [6.45, 7) is 0.607. The van der Waals surface area contributed by atoms with Gasteiger partial charge in [0.05, 0.1) is 29.6 Å². The van der Waals surface area contributed by atoms with E-state index in [9.17, 15) is 14.4 Å². The van der Waals surface area contributed by atoms with Crippen LogP contribution in [0.15, 0.2) is 80.6 Å². The summed E-state index contributed by atoms with van der Waals surface area (Å²) < 4.78 is 11.9. The Hall–Kier alpha value is -4.07. The van der Waals surface area contributed by atoms with Gasteiger partial charge in [0.2, 0.25) is 5.91 Å². The van der Waals surface area contributed by atoms with Crippen molar-refractivity contribution in [3.05, 3.63) is 88.8 Å². The number of nitrogens with one attached hydrogen (secondary N) is 2. The van der Waals surface area contributed by atoms with Crippen LogP contribution in [0.4, 0.5) is 5.69 Å². The summed E-state index contributed by atoms with van der Waals surface area (Å²) in [5.74, 6) is -0.368. The maximum atomic E-state index is 12.5. The number of aromatic nitrogens is 1. The monoisotopic (exact) mass is 419 g/mol. The first-order chi connectivity index (χ1) is 15.1. The van der Waals surface area contributed by atoms with Crippen molar-refractivity contribution in [3.8, 4) is 0 Å². The van der Waals surface area contributed by atoms with Gasteiger partial charge >= 0.3 is 5.76 Å². The molecule has 0 spiro atoms. The van der Waals surface area contributed by atoms with E-state index < -0.39 is 5.76 Å². The number of fused-ring (bicyclic) bond motifs is 1. The van der Waals surface area contributed by atoms with Gasteiger partial charge < -0.3 is 19.5 Å². The summed E-state index contributed by atoms with van der Waals surface area (Å²) >= 11 is 0. The topological polar surface area (TPSA) is 106 Å². The fraction of sp³-hybridized carbons (Fsp3) is 0.174. The number of anilines is 1. The molecule has 2 N–H and O–H groups in total. The van der Waals surface area contributed by atoms with Crippen LogP contribution in [0.25, 0.3) is 11.1 Å². The Labute approximate surface area is 177 Å². The Morgan fingerprint density at radius 1 is 0.968 bits per heavy atom. The van der Waals surface area contributed by atoms with E-state index in [2.05, 4.69) is 10.6 Å². The van der Waals surface area contributed by atoms with Crippen molar-refractivity contribution in [3.63, 3.8) is 0 Å². The van der Waals surface area contributed by atoms with Crippen molar-refractivity contribution < 1.29 is 18.4 Å². The summed E-state index contributed by atoms with van der Waals surface area (Å²) in [6, 6.07) is 17.5. The summed E-state index contributed by atoms with van der Waals surface area (Å²) in [5, 5.41) is 5.55. The highest BCUT2D eigenvalue weighted by Gasteiger charge is 2.14. The molecule has 0 unspecified atom stereocenters. The number of amides is 2. The second kappa shape index (κ2) is 9.17. The minimum atomic E-state index is -0.444. The average Bonchev–Trinajstić information content (AvgIpc) is 3.40. The molecule has 0 aliphatic rings. The van der Waals surface area contributed by atoms with Crippen LogP contribution in [0.5, 0.6) is 0 Å². The van der Waals surface area contributed by atoms with Gasteiger partial charge in [0.1, 0.15) is 5.76 Å². The molecule has 2 aromatic heterocycles. The van der Waals surface area contributed by atoms with Crippen molar-refractivity contribution in [1.29, 1.82) is 0 Å². The standard InChI is InChI=1S/C23H21N3O5/c27-21(12-5-13-26-19-10-3-4-11-20(19)31-23(26)29)25-18-9-2-1-8-17(18)22(28)24-15-16-7-6-14-30-16/h1-4,6-11,14H,5,12-13,15H2,(H,24,28)(H,25,27). The summed E-state index contributed by atoms with van der Waals surface area (Å²) in [6.07, 6.45) is 2.17. The molecule has 31 heavy (non-hydrogen) atoms. The molecule has 0 saturated carbocycles. The van der Waals surface area contributed by atoms with Crippen molar-refractivity contribution in [1.82, 2.24) is 9.88 Å². The minimum Gasteiger partial charge on any atom is -0.467 e. The summed E-state index contributed by atoms with van der Waals surface area (Å²) in [7, 11) is 0. The molecule has 0 atom stereocenters. The third-order valence-corrected chi connectivity index (χ3v) is 4.81. The van der Waals surface area contributed by atoms with Gasteiger partial charge in [-0.15, -0.1) is 0 Å². The molecule has 4 aromatic rings. The molecule has 0 fully saturated rings. The zero-order valence-electron chi connectivity index (χ0n) is 16.7. The van der Waals surface area contributed by atoms with E-state index in [1.54, 1.807) is 54.6 Å². The molecule has 0 bridgehead atoms. The SMILES string of the molecule is O=C(CCCn1c(=O)oc2ccccc21)Nc1ccccc1C(=O)NCc1ccco1. The third-order valence-electron chi connectivity index (χ3n) is 4.81. The van der Waals surface area contributed by atoms with Crippen LogP contribution >= 0.6 is 0 Å². The first-order valence-corrected chi connectivity index (χ1v) is 9.89. The van der Waals surface area contributed by atoms with Crippen LogP contribution in [-0.2, 0) is 17.9 Å². The number of furan rings is 1. The van der Waals surface area contributed by atoms with Crippen LogP contribution in [-0.4, -0.2) is 16.4 Å². The normalized spacial score (nSPS) is 10.8. The minimum absolute atomic E-state index is 0.189. The highest BCUT2D eigenvalue weighted by molar-refractivity contribution is 6.03. The average molecular weight is 419 g/mol. The van der Waals surface area contributed by atoms with Gasteiger partial charge in [-0.2, -0.15) is 0 Å². The van der Waals surface area contributed by atoms with Crippen LogP contribution in [0.1, 0.15) is 29.0 Å². The maximum absolute atomic E-state index is 12.5. The van der Waals surface area contributed by atoms with Crippen molar-refractivity contribution in [2.45, 2.75) is 25.9 Å². The van der Waals surface area contributed by atoms with E-state index in [-0.39, 0.29) is 24.8 Å². The molecular weight excluding hydrogens is 398 g/mol. The molecule has 8 heteroatoms. The lowest BCUT2D eigenvalue weighted by Crippen LogP contribution is -2.24. The Kier molecular flexibility index (Phi) is 5.98. The number of oxazole rings is 1. The number of hydrogen-bond acceptors (Lipinski definition) is 5. The number of hydrogen-bond donors (Lipinski definition) is 2. The Morgan fingerprint density at radius 2 is 1.77 bits per heavy atom. The molecule has 0 aliphatic carbocycles. The van der Waals surface area contributed by atoms with E-state index in [0.717, 1.165) is 0 Å². The fourth-order valence-electron chi connectivity index (χ4n) is 3.30. The van der Waals surface area contributed by atoms with Gasteiger partial charge in [0, 0.05) is 13.0 Å². The first-order valence-electron chi connectivity index (χ1n) is 9.89. The molecule has 4 rings (SSSR count). The zero-order chi connectivity index (χ0) is 21.6. The lowest BCUT2D eigenvalue weighted by molar-refractivity contribution is -0.116. The number of carbonyl (C=O) groups is 2. The van der Waals surface area contributed by atoms with E-state index in [1.165, 1.54) is 10.8 Å². The second-order valence-corrected chi connectivity index (χ2v) is 6.95. The number of rotatable bonds is 8. The van der Waals surface area contributed by atoms with Gasteiger partial charge in [-0.25, -0.2) is 4.79 Å². The number of carbonyl (C=O) groups excluding carboxylic acids is 2. The number of para-hydroxylation sites is 3. The van der Waals surface area contributed by atoms with Gasteiger partial charge in [-0.3, -0.25) is 14.2 Å². The van der Waals surface area contributed by atoms with E-state index >= 15 is 0 Å². The molecule has 8 nitrogen and oxygen atoms in total. The second-order valence-electron chi connectivity index (χ2n) is 6.95. The van der Waals surface area contributed by atoms with Crippen molar-refractivity contribution >= 4 is 28.6 Å². The Morgan fingerprint density at radius 3 is 2.61 bits per heavy atom. The van der Waals surface area contributed by atoms with Crippen LogP contribution < -0.4 is 16.4 Å². The predicted molar refractivity (Wildman–Crippen MR) is 115 cm³/mol. The smallest absolute Gasteiger partial charge is 0.419 e. The van der Waals surface area contributed by atoms with Gasteiger partial charge in [-0.1, -0.05) is 24.3 Å².